The minimum absolute atomic E-state index is 1.15. The Balaban J connectivity index is 1.18. The lowest BCUT2D eigenvalue weighted by molar-refractivity contribution is 1.25. The van der Waals surface area contributed by atoms with E-state index in [2.05, 4.69) is 222 Å². The Kier molecular flexibility index (Phi) is 11.6. The van der Waals surface area contributed by atoms with Crippen molar-refractivity contribution >= 4 is 77.3 Å². The predicted octanol–water partition coefficient (Wildman–Crippen LogP) is 11.1. The molecule has 0 saturated carbocycles. The van der Waals surface area contributed by atoms with E-state index in [9.17, 15) is 0 Å². The number of rotatable bonds is 0. The molecule has 284 valence electrons. The zero-order valence-electron chi connectivity index (χ0n) is 35.0. The van der Waals surface area contributed by atoms with Crippen molar-refractivity contribution in [2.75, 3.05) is 0 Å². The highest BCUT2D eigenvalue weighted by molar-refractivity contribution is 6.90. The Morgan fingerprint density at radius 2 is 0.464 bits per heavy atom. The first-order valence-corrected chi connectivity index (χ1v) is 33.4. The van der Waals surface area contributed by atoms with Gasteiger partial charge in [0.05, 0.1) is 32.3 Å². The maximum absolute atomic E-state index is 2.52. The summed E-state index contributed by atoms with van der Waals surface area (Å²) in [6, 6.07) is 61.2. The Labute approximate surface area is 342 Å². The molecule has 0 N–H and O–H groups in total. The normalized spacial score (nSPS) is 18.6. The largest absolute Gasteiger partial charge is 0.0849 e. The van der Waals surface area contributed by atoms with Crippen molar-refractivity contribution in [1.29, 1.82) is 0 Å². The highest BCUT2D eigenvalue weighted by atomic mass is 28.3. The molecule has 12 bridgehead atoms. The lowest BCUT2D eigenvalue weighted by Gasteiger charge is -2.26. The summed E-state index contributed by atoms with van der Waals surface area (Å²) in [5.41, 5.74) is 11.0. The van der Waals surface area contributed by atoms with Gasteiger partial charge in [-0.2, -0.15) is 0 Å². The summed E-state index contributed by atoms with van der Waals surface area (Å²) in [5, 5.41) is 6.08. The second-order valence-corrected chi connectivity index (χ2v) is 37.8. The van der Waals surface area contributed by atoms with E-state index >= 15 is 0 Å². The van der Waals surface area contributed by atoms with Crippen molar-refractivity contribution in [1.82, 2.24) is 0 Å². The van der Waals surface area contributed by atoms with E-state index in [0.29, 0.717) is 0 Å². The van der Waals surface area contributed by atoms with Gasteiger partial charge < -0.3 is 0 Å². The van der Waals surface area contributed by atoms with Gasteiger partial charge in [0.15, 0.2) is 0 Å². The highest BCUT2D eigenvalue weighted by Crippen LogP contribution is 2.22. The Morgan fingerprint density at radius 3 is 0.661 bits per heavy atom. The second kappa shape index (κ2) is 16.3. The van der Waals surface area contributed by atoms with Crippen LogP contribution in [0, 0.1) is 0 Å². The van der Waals surface area contributed by atoms with E-state index in [0.717, 1.165) is 24.2 Å². The minimum atomic E-state index is -1.69. The van der Waals surface area contributed by atoms with Crippen LogP contribution in [-0.4, -0.2) is 32.3 Å². The third kappa shape index (κ3) is 9.78. The second-order valence-electron chi connectivity index (χ2n) is 19.0. The molecule has 0 amide bonds. The predicted molar refractivity (Wildman–Crippen MR) is 260 cm³/mol. The van der Waals surface area contributed by atoms with Gasteiger partial charge >= 0.3 is 0 Å². The van der Waals surface area contributed by atoms with Gasteiger partial charge in [-0.25, -0.2) is 0 Å². The summed E-state index contributed by atoms with van der Waals surface area (Å²) in [6.45, 7) is 20.2. The van der Waals surface area contributed by atoms with E-state index in [4.69, 9.17) is 0 Å². The summed E-state index contributed by atoms with van der Waals surface area (Å²) in [4.78, 5) is 0. The summed E-state index contributed by atoms with van der Waals surface area (Å²) >= 11 is 0. The molecule has 7 aliphatic heterocycles. The molecule has 0 nitrogen and oxygen atoms in total. The Bertz CT molecular complexity index is 2000. The molecule has 0 saturated heterocycles. The van der Waals surface area contributed by atoms with Crippen molar-refractivity contribution < 1.29 is 0 Å². The molecular weight excluding hydrogens is 737 g/mol. The molecular formula is C52H60Si4. The third-order valence-corrected chi connectivity index (χ3v) is 25.0. The average Bonchev–Trinajstić information content (AvgIpc) is 3.16. The smallest absolute Gasteiger partial charge is 0.0652 e. The van der Waals surface area contributed by atoms with Crippen LogP contribution < -0.4 is 20.7 Å². The van der Waals surface area contributed by atoms with Gasteiger partial charge in [-0.3, -0.25) is 0 Å². The number of hydrogen-bond donors (Lipinski definition) is 0. The van der Waals surface area contributed by atoms with E-state index in [-0.39, 0.29) is 0 Å². The van der Waals surface area contributed by atoms with Crippen LogP contribution in [0.25, 0.3) is 24.3 Å². The number of hydrogen-bond acceptors (Lipinski definition) is 0. The molecule has 0 spiro atoms. The van der Waals surface area contributed by atoms with Crippen molar-refractivity contribution in [3.63, 3.8) is 0 Å². The van der Waals surface area contributed by atoms with E-state index in [1.54, 1.807) is 0 Å². The van der Waals surface area contributed by atoms with Gasteiger partial charge in [0, 0.05) is 0 Å². The van der Waals surface area contributed by atoms with Gasteiger partial charge in [-0.1, -0.05) is 265 Å². The van der Waals surface area contributed by atoms with Crippen molar-refractivity contribution in [3.05, 3.63) is 190 Å². The molecule has 7 aliphatic rings. The van der Waals surface area contributed by atoms with Crippen LogP contribution >= 0.6 is 0 Å². The van der Waals surface area contributed by atoms with Gasteiger partial charge in [-0.15, -0.1) is 0 Å². The van der Waals surface area contributed by atoms with E-state index in [1.165, 1.54) is 65.3 Å². The van der Waals surface area contributed by atoms with Crippen LogP contribution in [0.5, 0.6) is 0 Å². The van der Waals surface area contributed by atoms with Crippen LogP contribution in [0.15, 0.2) is 146 Å². The molecule has 13 rings (SSSR count). The lowest BCUT2D eigenvalue weighted by atomic mass is 10.1. The Hall–Kier alpha value is -4.33. The van der Waals surface area contributed by atoms with Crippen LogP contribution in [0.2, 0.25) is 52.4 Å². The fourth-order valence-corrected chi connectivity index (χ4v) is 18.8. The third-order valence-electron chi connectivity index (χ3n) is 12.3. The zero-order chi connectivity index (χ0) is 39.6. The molecule has 0 fully saturated rings. The first-order chi connectivity index (χ1) is 26.6. The maximum Gasteiger partial charge on any atom is 0.0849 e. The molecule has 0 aromatic heterocycles. The molecule has 0 atom stereocenters. The molecule has 4 heteroatoms. The zero-order valence-corrected chi connectivity index (χ0v) is 39.0. The standard InChI is InChI=1S/C52H60Si4/c1-53(2)37-45-11-9-12-46(35-45)38-54(3,4)50-29-23-43(24-30-50)17-18-44-25-33-52(34-26-44)56(7,8)40-48-14-10-13-47(36-48)39-55(5,6)51-31-21-42(22-32-51)16-15-41-19-27-49(53)28-20-41/h9-36H,37-40H2,1-8H3/b16-15+,18-17+. The number of benzene rings is 6. The maximum atomic E-state index is 2.52. The molecule has 7 heterocycles. The molecule has 6 aromatic rings. The van der Waals surface area contributed by atoms with Gasteiger partial charge in [0.2, 0.25) is 0 Å². The summed E-state index contributed by atoms with van der Waals surface area (Å²) in [7, 11) is -6.76. The topological polar surface area (TPSA) is 0 Å². The van der Waals surface area contributed by atoms with Crippen LogP contribution in [0.4, 0.5) is 0 Å². The molecule has 6 aromatic carbocycles. The molecule has 0 aliphatic carbocycles. The monoisotopic (exact) mass is 796 g/mol. The molecule has 56 heavy (non-hydrogen) atoms. The van der Waals surface area contributed by atoms with E-state index < -0.39 is 32.3 Å². The summed E-state index contributed by atoms with van der Waals surface area (Å²) in [5.74, 6) is 0. The fourth-order valence-electron chi connectivity index (χ4n) is 8.72. The van der Waals surface area contributed by atoms with Crippen LogP contribution in [-0.2, 0) is 24.2 Å². The SMILES string of the molecule is C[Si]1(C)Cc2cccc(c2)C[Si](C)(C)c2ccc(cc2)/C=C/c2ccc(cc2)[Si](C)(C)Cc2cccc(c2)C[Si](C)(C)c2ccc(cc2)/C=C/c2ccc1cc2. The lowest BCUT2D eigenvalue weighted by Crippen LogP contribution is -2.44. The molecule has 0 radical (unpaired) electrons. The van der Waals surface area contributed by atoms with Crippen LogP contribution in [0.1, 0.15) is 44.5 Å². The van der Waals surface area contributed by atoms with Gasteiger partial charge in [0.1, 0.15) is 0 Å². The summed E-state index contributed by atoms with van der Waals surface area (Å²) < 4.78 is 0. The van der Waals surface area contributed by atoms with Crippen molar-refractivity contribution in [3.8, 4) is 0 Å². The quantitative estimate of drug-likeness (QED) is 0.134. The molecule has 0 unspecified atom stereocenters. The first-order valence-electron chi connectivity index (χ1n) is 20.6. The summed E-state index contributed by atoms with van der Waals surface area (Å²) in [6.07, 6.45) is 9.08. The van der Waals surface area contributed by atoms with Gasteiger partial charge in [0.25, 0.3) is 0 Å². The highest BCUT2D eigenvalue weighted by Gasteiger charge is 2.28. The van der Waals surface area contributed by atoms with Crippen molar-refractivity contribution in [2.45, 2.75) is 76.6 Å². The van der Waals surface area contributed by atoms with Crippen molar-refractivity contribution in [2.24, 2.45) is 0 Å². The van der Waals surface area contributed by atoms with Gasteiger partial charge in [-0.05, 0) is 46.4 Å². The Morgan fingerprint density at radius 1 is 0.268 bits per heavy atom. The fraction of sp³-hybridized carbons (Fsp3) is 0.231. The first kappa shape index (κ1) is 39.9. The van der Waals surface area contributed by atoms with Crippen LogP contribution in [0.3, 0.4) is 0 Å². The van der Waals surface area contributed by atoms with E-state index in [1.807, 2.05) is 0 Å². The average molecular weight is 797 g/mol. The minimum Gasteiger partial charge on any atom is -0.0652 e.